The number of piperazine rings is 1. The highest BCUT2D eigenvalue weighted by molar-refractivity contribution is 5.94. The predicted octanol–water partition coefficient (Wildman–Crippen LogP) is 1.73. The van der Waals surface area contributed by atoms with Crippen LogP contribution in [0, 0.1) is 5.82 Å². The number of hydrogen-bond donors (Lipinski definition) is 2. The molecule has 0 bridgehead atoms. The van der Waals surface area contributed by atoms with E-state index in [1.165, 1.54) is 24.3 Å². The normalized spacial score (nSPS) is 14.2. The van der Waals surface area contributed by atoms with Gasteiger partial charge in [0.1, 0.15) is 5.82 Å². The van der Waals surface area contributed by atoms with Crippen LogP contribution in [-0.2, 0) is 9.59 Å². The summed E-state index contributed by atoms with van der Waals surface area (Å²) >= 11 is 0. The molecule has 2 aromatic carbocycles. The number of halogens is 1. The van der Waals surface area contributed by atoms with Crippen LogP contribution in [0.3, 0.4) is 0 Å². The molecule has 1 aliphatic rings. The summed E-state index contributed by atoms with van der Waals surface area (Å²) in [6, 6.07) is 14.5. The fourth-order valence-electron chi connectivity index (χ4n) is 3.22. The first-order chi connectivity index (χ1) is 14.5. The molecule has 2 aromatic rings. The SMILES string of the molecule is O=C(CN1CCN(C(=O)CCNC(=O)c2ccccc2)CC1)Nc1ccc(F)cc1. The second kappa shape index (κ2) is 10.5. The van der Waals surface area contributed by atoms with Crippen LogP contribution in [0.5, 0.6) is 0 Å². The van der Waals surface area contributed by atoms with Gasteiger partial charge in [-0.2, -0.15) is 0 Å². The Morgan fingerprint density at radius 2 is 1.57 bits per heavy atom. The summed E-state index contributed by atoms with van der Waals surface area (Å²) in [5.41, 5.74) is 1.12. The second-order valence-electron chi connectivity index (χ2n) is 7.08. The van der Waals surface area contributed by atoms with Crippen LogP contribution in [0.25, 0.3) is 0 Å². The van der Waals surface area contributed by atoms with Crippen molar-refractivity contribution < 1.29 is 18.8 Å². The average Bonchev–Trinajstić information content (AvgIpc) is 2.76. The van der Waals surface area contributed by atoms with E-state index in [1.807, 2.05) is 11.0 Å². The lowest BCUT2D eigenvalue weighted by atomic mass is 10.2. The van der Waals surface area contributed by atoms with Crippen molar-refractivity contribution in [2.45, 2.75) is 6.42 Å². The zero-order chi connectivity index (χ0) is 21.3. The molecule has 1 aliphatic heterocycles. The van der Waals surface area contributed by atoms with Crippen molar-refractivity contribution in [3.05, 3.63) is 66.0 Å². The van der Waals surface area contributed by atoms with Gasteiger partial charge >= 0.3 is 0 Å². The highest BCUT2D eigenvalue weighted by atomic mass is 19.1. The third-order valence-corrected chi connectivity index (χ3v) is 4.88. The van der Waals surface area contributed by atoms with Gasteiger partial charge in [-0.3, -0.25) is 19.3 Å². The molecular weight excluding hydrogens is 387 g/mol. The van der Waals surface area contributed by atoms with Crippen LogP contribution in [0.1, 0.15) is 16.8 Å². The highest BCUT2D eigenvalue weighted by Gasteiger charge is 2.22. The summed E-state index contributed by atoms with van der Waals surface area (Å²) in [6.07, 6.45) is 0.240. The van der Waals surface area contributed by atoms with Crippen LogP contribution in [0.15, 0.2) is 54.6 Å². The van der Waals surface area contributed by atoms with Gasteiger partial charge in [-0.1, -0.05) is 18.2 Å². The van der Waals surface area contributed by atoms with Crippen LogP contribution < -0.4 is 10.6 Å². The summed E-state index contributed by atoms with van der Waals surface area (Å²) in [7, 11) is 0. The summed E-state index contributed by atoms with van der Waals surface area (Å²) in [6.45, 7) is 2.77. The van der Waals surface area contributed by atoms with E-state index < -0.39 is 0 Å². The van der Waals surface area contributed by atoms with Crippen molar-refractivity contribution in [1.29, 1.82) is 0 Å². The average molecular weight is 412 g/mol. The number of carbonyl (C=O) groups is 3. The molecule has 3 amide bonds. The van der Waals surface area contributed by atoms with Crippen molar-refractivity contribution in [3.8, 4) is 0 Å². The monoisotopic (exact) mass is 412 g/mol. The van der Waals surface area contributed by atoms with Gasteiger partial charge < -0.3 is 15.5 Å². The van der Waals surface area contributed by atoms with Gasteiger partial charge in [0.2, 0.25) is 11.8 Å². The molecule has 0 unspecified atom stereocenters. The number of hydrogen-bond acceptors (Lipinski definition) is 4. The predicted molar refractivity (Wildman–Crippen MR) is 111 cm³/mol. The molecule has 1 saturated heterocycles. The topological polar surface area (TPSA) is 81.8 Å². The van der Waals surface area contributed by atoms with Gasteiger partial charge in [0, 0.05) is 50.4 Å². The molecule has 2 N–H and O–H groups in total. The fourth-order valence-corrected chi connectivity index (χ4v) is 3.22. The maximum atomic E-state index is 12.9. The van der Waals surface area contributed by atoms with E-state index in [-0.39, 0.29) is 43.0 Å². The molecule has 0 spiro atoms. The molecule has 0 saturated carbocycles. The van der Waals surface area contributed by atoms with E-state index in [1.54, 1.807) is 29.2 Å². The lowest BCUT2D eigenvalue weighted by Gasteiger charge is -2.34. The number of benzene rings is 2. The Morgan fingerprint density at radius 3 is 2.23 bits per heavy atom. The Labute approximate surface area is 174 Å². The van der Waals surface area contributed by atoms with Crippen LogP contribution >= 0.6 is 0 Å². The Balaban J connectivity index is 1.34. The van der Waals surface area contributed by atoms with Gasteiger partial charge in [-0.05, 0) is 36.4 Å². The van der Waals surface area contributed by atoms with Gasteiger partial charge in [-0.25, -0.2) is 4.39 Å². The van der Waals surface area contributed by atoms with Gasteiger partial charge in [0.25, 0.3) is 5.91 Å². The molecule has 1 fully saturated rings. The maximum Gasteiger partial charge on any atom is 0.251 e. The molecule has 0 aromatic heterocycles. The first-order valence-electron chi connectivity index (χ1n) is 9.90. The summed E-state index contributed by atoms with van der Waals surface area (Å²) in [4.78, 5) is 40.2. The van der Waals surface area contributed by atoms with Gasteiger partial charge in [0.05, 0.1) is 6.54 Å². The van der Waals surface area contributed by atoms with E-state index in [2.05, 4.69) is 10.6 Å². The van der Waals surface area contributed by atoms with Gasteiger partial charge in [-0.15, -0.1) is 0 Å². The van der Waals surface area contributed by atoms with E-state index in [4.69, 9.17) is 0 Å². The maximum absolute atomic E-state index is 12.9. The number of nitrogens with one attached hydrogen (secondary N) is 2. The van der Waals surface area contributed by atoms with Crippen molar-refractivity contribution in [3.63, 3.8) is 0 Å². The number of amides is 3. The van der Waals surface area contributed by atoms with Crippen LogP contribution in [0.2, 0.25) is 0 Å². The zero-order valence-corrected chi connectivity index (χ0v) is 16.6. The lowest BCUT2D eigenvalue weighted by molar-refractivity contribution is -0.132. The first kappa shape index (κ1) is 21.4. The molecular formula is C22H25FN4O3. The fraction of sp³-hybridized carbons (Fsp3) is 0.318. The van der Waals surface area contributed by atoms with Gasteiger partial charge in [0.15, 0.2) is 0 Å². The molecule has 7 nitrogen and oxygen atoms in total. The summed E-state index contributed by atoms with van der Waals surface area (Å²) in [5, 5.41) is 5.49. The minimum Gasteiger partial charge on any atom is -0.352 e. The Kier molecular flexibility index (Phi) is 7.51. The van der Waals surface area contributed by atoms with Crippen molar-refractivity contribution in [2.24, 2.45) is 0 Å². The van der Waals surface area contributed by atoms with E-state index in [0.29, 0.717) is 37.4 Å². The molecule has 30 heavy (non-hydrogen) atoms. The summed E-state index contributed by atoms with van der Waals surface area (Å²) < 4.78 is 12.9. The molecule has 1 heterocycles. The van der Waals surface area contributed by atoms with E-state index in [9.17, 15) is 18.8 Å². The standard InChI is InChI=1S/C22H25FN4O3/c23-18-6-8-19(9-7-18)25-20(28)16-26-12-14-27(15-13-26)21(29)10-11-24-22(30)17-4-2-1-3-5-17/h1-9H,10-16H2,(H,24,30)(H,25,28). The van der Waals surface area contributed by atoms with Crippen molar-refractivity contribution in [2.75, 3.05) is 44.6 Å². The first-order valence-corrected chi connectivity index (χ1v) is 9.90. The van der Waals surface area contributed by atoms with Crippen molar-refractivity contribution in [1.82, 2.24) is 15.1 Å². The largest absolute Gasteiger partial charge is 0.352 e. The van der Waals surface area contributed by atoms with E-state index in [0.717, 1.165) is 0 Å². The molecule has 8 heteroatoms. The molecule has 0 atom stereocenters. The number of rotatable bonds is 7. The lowest BCUT2D eigenvalue weighted by Crippen LogP contribution is -2.50. The quantitative estimate of drug-likeness (QED) is 0.726. The highest BCUT2D eigenvalue weighted by Crippen LogP contribution is 2.09. The van der Waals surface area contributed by atoms with Crippen molar-refractivity contribution >= 4 is 23.4 Å². The molecule has 3 rings (SSSR count). The molecule has 0 aliphatic carbocycles. The van der Waals surface area contributed by atoms with Crippen LogP contribution in [0.4, 0.5) is 10.1 Å². The number of nitrogens with zero attached hydrogens (tertiary/aromatic N) is 2. The van der Waals surface area contributed by atoms with E-state index >= 15 is 0 Å². The molecule has 0 radical (unpaired) electrons. The smallest absolute Gasteiger partial charge is 0.251 e. The minimum absolute atomic E-state index is 0.0150. The molecule has 158 valence electrons. The Hall–Kier alpha value is -3.26. The number of anilines is 1. The second-order valence-corrected chi connectivity index (χ2v) is 7.08. The third-order valence-electron chi connectivity index (χ3n) is 4.88. The zero-order valence-electron chi connectivity index (χ0n) is 16.6. The van der Waals surface area contributed by atoms with Crippen LogP contribution in [-0.4, -0.2) is 66.8 Å². The summed E-state index contributed by atoms with van der Waals surface area (Å²) in [5.74, 6) is -0.738. The number of carbonyl (C=O) groups excluding carboxylic acids is 3. The Morgan fingerprint density at radius 1 is 0.900 bits per heavy atom. The third kappa shape index (κ3) is 6.38. The Bertz CT molecular complexity index is 866. The minimum atomic E-state index is -0.353.